The maximum Gasteiger partial charge on any atom is 0.213 e. The Labute approximate surface area is 682 Å². The first-order valence-electron chi connectivity index (χ1n) is 29.9. The van der Waals surface area contributed by atoms with Gasteiger partial charge >= 0.3 is 0 Å². The van der Waals surface area contributed by atoms with Crippen molar-refractivity contribution >= 4 is 322 Å². The Morgan fingerprint density at radius 1 is 0.286 bits per heavy atom. The van der Waals surface area contributed by atoms with Crippen molar-refractivity contribution in [3.63, 3.8) is 0 Å². The van der Waals surface area contributed by atoms with Crippen LogP contribution in [0.3, 0.4) is 0 Å². The van der Waals surface area contributed by atoms with Gasteiger partial charge in [-0.25, -0.2) is 16.8 Å². The maximum atomic E-state index is 13.9. The van der Waals surface area contributed by atoms with E-state index in [4.69, 9.17) is 23.7 Å². The van der Waals surface area contributed by atoms with Gasteiger partial charge in [0.25, 0.3) is 0 Å². The molecule has 0 radical (unpaired) electrons. The molecule has 12 nitrogen and oxygen atoms in total. The largest absolute Gasteiger partial charge is 0.455 e. The molecule has 17 atom stereocenters. The second-order valence-corrected chi connectivity index (χ2v) is 140. The molecule has 550 valence electrons. The number of ether oxygens (including phenoxy) is 5. The number of hydrogen-bond acceptors (Lipinski definition) is 12. The van der Waals surface area contributed by atoms with Gasteiger partial charge in [-0.15, -0.1) is 134 Å². The standard InChI is InChI=1S/C36H22N2O5S.C12H6Br2O3S.C12H9NO.CH4.H30P28/c39-44(40)35-19-17-23(37-25-9-1-5-13-29(25)41-30-14-6-2-10-26(30)37)21-33(35)43-34-22-24(18-20-36(34)44)38-27-11-3-7-15-31(27)42-32-16-8-4-12-28(32)38;13-7-1-3-11-9(5-7)17-10-6-8(14)2-4-12(10)18(11,15)16;1-3-7-11-9(5-1)13-10-6-2-4-8-12(10)14-11;;1-16(2)23(15)27(24(17(3)4)18(5)6)28(25(19(7)8)20(9)10)26(21(11)12)22(13)14/h1-22H;1-6H;1-8,13H;1H4;1-15H2. The first-order valence-corrected chi connectivity index (χ1v) is 84.7. The number of anilines is 8. The second-order valence-electron chi connectivity index (χ2n) is 21.9. The number of para-hydroxylation sites is 12. The lowest BCUT2D eigenvalue weighted by Crippen LogP contribution is -2.18. The van der Waals surface area contributed by atoms with Crippen molar-refractivity contribution in [1.82, 2.24) is 0 Å². The number of nitrogens with zero attached hydrogens (tertiary/aromatic N) is 2. The summed E-state index contributed by atoms with van der Waals surface area (Å²) >= 11 is 6.60. The van der Waals surface area contributed by atoms with E-state index in [1.165, 1.54) is 0 Å². The molecule has 10 aromatic rings. The fourth-order valence-corrected chi connectivity index (χ4v) is 367. The molecule has 15 rings (SSSR count). The summed E-state index contributed by atoms with van der Waals surface area (Å²) < 4.78 is 84.3. The monoisotopic (exact) mass is 2080 g/mol. The van der Waals surface area contributed by atoms with Gasteiger partial charge in [0.15, 0.2) is 34.5 Å². The van der Waals surface area contributed by atoms with Crippen LogP contribution in [0.15, 0.2) is 247 Å². The van der Waals surface area contributed by atoms with E-state index in [0.29, 0.717) is 34.5 Å². The molecule has 0 saturated carbocycles. The van der Waals surface area contributed by atoms with Crippen LogP contribution >= 0.6 is 257 Å². The highest BCUT2D eigenvalue weighted by Crippen LogP contribution is 3.37. The predicted octanol–water partition coefficient (Wildman–Crippen LogP) is 34.2. The van der Waals surface area contributed by atoms with Crippen molar-refractivity contribution in [2.45, 2.75) is 27.0 Å². The van der Waals surface area contributed by atoms with Crippen LogP contribution in [-0.4, -0.2) is 16.8 Å². The first kappa shape index (κ1) is 89.3. The highest BCUT2D eigenvalue weighted by atomic mass is 79.9. The predicted molar refractivity (Wildman–Crippen MR) is 540 cm³/mol. The molecule has 0 spiro atoms. The molecular formula is C61H71Br2N3O9P28S2. The molecule has 0 amide bonds. The quantitative estimate of drug-likeness (QED) is 0.104. The van der Waals surface area contributed by atoms with Gasteiger partial charge in [-0.1, -0.05) is 112 Å². The fourth-order valence-electron chi connectivity index (χ4n) is 10.9. The fraction of sp³-hybridized carbons (Fsp3) is 0.0164. The zero-order valence-electron chi connectivity index (χ0n) is 53.9. The van der Waals surface area contributed by atoms with Crippen LogP contribution < -0.4 is 38.8 Å². The molecular weight excluding hydrogens is 2010 g/mol. The summed E-state index contributed by atoms with van der Waals surface area (Å²) in [6.07, 6.45) is 0. The summed E-state index contributed by atoms with van der Waals surface area (Å²) in [7, 11) is 41.6. The number of hydrogen-bond donors (Lipinski definition) is 1. The van der Waals surface area contributed by atoms with Gasteiger partial charge < -0.3 is 38.8 Å². The summed E-state index contributed by atoms with van der Waals surface area (Å²) in [5, 5.41) is 3.32. The van der Waals surface area contributed by atoms with Gasteiger partial charge in [0.05, 0.1) is 45.5 Å². The van der Waals surface area contributed by atoms with Crippen molar-refractivity contribution in [3.8, 4) is 57.5 Å². The maximum absolute atomic E-state index is 13.9. The third-order valence-corrected chi connectivity index (χ3v) is 204. The summed E-state index contributed by atoms with van der Waals surface area (Å²) in [6.45, 7) is -0.00591. The summed E-state index contributed by atoms with van der Waals surface area (Å²) in [6, 6.07) is 67.0. The molecule has 0 saturated heterocycles. The molecule has 0 bridgehead atoms. The van der Waals surface area contributed by atoms with Crippen LogP contribution in [0.4, 0.5) is 45.5 Å². The zero-order chi connectivity index (χ0) is 74.2. The molecule has 0 fully saturated rings. The van der Waals surface area contributed by atoms with E-state index in [-0.39, 0.29) is 129 Å². The molecule has 5 aliphatic rings. The molecule has 5 heterocycles. The number of fused-ring (bicyclic) bond motifs is 10. The molecule has 10 aromatic carbocycles. The lowest BCUT2D eigenvalue weighted by Gasteiger charge is -2.51. The molecule has 0 aromatic heterocycles. The molecule has 17 unspecified atom stereocenters. The van der Waals surface area contributed by atoms with E-state index >= 15 is 0 Å². The van der Waals surface area contributed by atoms with E-state index < -0.39 is 19.7 Å². The summed E-state index contributed by atoms with van der Waals surface area (Å²) in [4.78, 5) is 4.74. The Kier molecular flexibility index (Phi) is 34.1. The molecule has 44 heteroatoms. The highest BCUT2D eigenvalue weighted by Gasteiger charge is 2.49. The number of halogens is 2. The number of benzene rings is 10. The van der Waals surface area contributed by atoms with E-state index in [0.717, 1.165) is 65.9 Å². The average Bonchev–Trinajstić information content (AvgIpc) is 0.720. The number of sulfone groups is 2. The van der Waals surface area contributed by atoms with Crippen LogP contribution in [0.25, 0.3) is 0 Å². The normalized spacial score (nSPS) is 14.7. The minimum Gasteiger partial charge on any atom is -0.455 e. The number of nitrogens with one attached hydrogen (secondary N) is 1. The lowest BCUT2D eigenvalue weighted by molar-refractivity contribution is 0.442. The lowest BCUT2D eigenvalue weighted by atomic mass is 10.1. The first-order chi connectivity index (χ1) is 49.6. The van der Waals surface area contributed by atoms with Crippen LogP contribution in [0, 0.1) is 0 Å². The molecule has 0 aliphatic carbocycles. The van der Waals surface area contributed by atoms with Crippen molar-refractivity contribution in [1.29, 1.82) is 0 Å². The van der Waals surface area contributed by atoms with Gasteiger partial charge in [-0.2, -0.15) is 0 Å². The van der Waals surface area contributed by atoms with E-state index in [1.807, 2.05) is 146 Å². The van der Waals surface area contributed by atoms with Crippen LogP contribution in [-0.2, 0) is 19.7 Å². The zero-order valence-corrected chi connectivity index (χ0v) is 87.7. The van der Waals surface area contributed by atoms with E-state index in [1.54, 1.807) is 72.8 Å². The van der Waals surface area contributed by atoms with Crippen LogP contribution in [0.5, 0.6) is 57.5 Å². The minimum absolute atomic E-state index is 0. The third-order valence-electron chi connectivity index (χ3n) is 15.2. The van der Waals surface area contributed by atoms with Crippen molar-refractivity contribution in [2.24, 2.45) is 0 Å². The van der Waals surface area contributed by atoms with E-state index in [2.05, 4.69) is 181 Å². The molecule has 105 heavy (non-hydrogen) atoms. The second kappa shape index (κ2) is 40.0. The van der Waals surface area contributed by atoms with Gasteiger partial charge in [-0.05, 0) is 224 Å². The topological polar surface area (TPSA) is 133 Å². The SMILES string of the molecule is C.O=S1(=O)c2ccc(Br)cc2Oc2cc(Br)ccc21.O=S1(=O)c2ccc(N3c4ccccc4Oc4ccccc43)cc2Oc2cc(N3c4ccccc4Oc4ccccc43)ccc21.PP(P)P(P)P(P(P(P)P)P(P)P)P(P(P(P)P)P(P)P)P(P(P)P)P(P)P.c1ccc2c(c1)Nc1ccccc1O2. The van der Waals surface area contributed by atoms with Crippen LogP contribution in [0.2, 0.25) is 0 Å². The third kappa shape index (κ3) is 20.5. The minimum atomic E-state index is -3.85. The Bertz CT molecular complexity index is 4650. The Morgan fingerprint density at radius 3 is 0.857 bits per heavy atom. The number of rotatable bonds is 14. The Morgan fingerprint density at radius 2 is 0.543 bits per heavy atom. The van der Waals surface area contributed by atoms with Gasteiger partial charge in [0, 0.05) is 21.1 Å². The molecule has 1 N–H and O–H groups in total. The van der Waals surface area contributed by atoms with Crippen molar-refractivity contribution in [2.75, 3.05) is 15.1 Å². The average molecular weight is 2080 g/mol. The van der Waals surface area contributed by atoms with Crippen LogP contribution in [0.1, 0.15) is 7.43 Å². The summed E-state index contributed by atoms with van der Waals surface area (Å²) in [5.41, 5.74) is 6.91. The summed E-state index contributed by atoms with van der Waals surface area (Å²) in [5.74, 6) is 5.80. The van der Waals surface area contributed by atoms with Crippen molar-refractivity contribution in [3.05, 3.63) is 227 Å². The Hall–Kier alpha value is 3.50. The van der Waals surface area contributed by atoms with Crippen molar-refractivity contribution < 1.29 is 40.5 Å². The Balaban J connectivity index is 0.000000154. The van der Waals surface area contributed by atoms with Gasteiger partial charge in [0.1, 0.15) is 42.6 Å². The highest BCUT2D eigenvalue weighted by molar-refractivity contribution is 9.43. The van der Waals surface area contributed by atoms with E-state index in [9.17, 15) is 16.8 Å². The molecule has 5 aliphatic heterocycles. The van der Waals surface area contributed by atoms with Gasteiger partial charge in [-0.3, -0.25) is 0 Å². The van der Waals surface area contributed by atoms with Gasteiger partial charge in [0.2, 0.25) is 19.7 Å². The smallest absolute Gasteiger partial charge is 0.213 e.